The molecule has 0 bridgehead atoms. The molecule has 3 rings (SSSR count). The Balaban J connectivity index is 1.76. The summed E-state index contributed by atoms with van der Waals surface area (Å²) in [6.07, 6.45) is 1.14. The van der Waals surface area contributed by atoms with E-state index in [9.17, 15) is 14.7 Å². The number of carboxylic acids is 1. The van der Waals surface area contributed by atoms with Gasteiger partial charge < -0.3 is 10.4 Å². The lowest BCUT2D eigenvalue weighted by Gasteiger charge is -2.24. The molecule has 3 aromatic rings. The topological polar surface area (TPSA) is 129 Å². The highest BCUT2D eigenvalue weighted by Crippen LogP contribution is 2.23. The van der Waals surface area contributed by atoms with Gasteiger partial charge in [-0.3, -0.25) is 26.2 Å². The van der Waals surface area contributed by atoms with E-state index < -0.39 is 24.0 Å². The number of hydrazine groups is 2. The number of aliphatic carboxylic acids is 1. The first-order valence-electron chi connectivity index (χ1n) is 11.4. The van der Waals surface area contributed by atoms with Gasteiger partial charge in [0.2, 0.25) is 5.91 Å². The Labute approximate surface area is 215 Å². The van der Waals surface area contributed by atoms with Crippen LogP contribution in [0, 0.1) is 0 Å². The second-order valence-electron chi connectivity index (χ2n) is 8.28. The normalized spacial score (nSPS) is 12.4. The van der Waals surface area contributed by atoms with Crippen molar-refractivity contribution in [1.82, 2.24) is 21.6 Å². The van der Waals surface area contributed by atoms with Crippen molar-refractivity contribution in [2.75, 3.05) is 0 Å². The van der Waals surface area contributed by atoms with Crippen LogP contribution in [-0.4, -0.2) is 29.1 Å². The third kappa shape index (κ3) is 8.21. The Kier molecular flexibility index (Phi) is 10.0. The number of carbonyl (C=O) groups excluding carboxylic acids is 1. The molecule has 0 heterocycles. The van der Waals surface area contributed by atoms with Gasteiger partial charge in [0.05, 0.1) is 6.04 Å². The summed E-state index contributed by atoms with van der Waals surface area (Å²) in [6, 6.07) is 23.1. The minimum atomic E-state index is -1.03. The summed E-state index contributed by atoms with van der Waals surface area (Å²) in [6.45, 7) is 3.68. The van der Waals surface area contributed by atoms with E-state index in [1.807, 2.05) is 78.9 Å². The summed E-state index contributed by atoms with van der Waals surface area (Å²) in [5.74, 6) is 3.89. The van der Waals surface area contributed by atoms with E-state index in [0.717, 1.165) is 22.3 Å². The van der Waals surface area contributed by atoms with Crippen LogP contribution in [0.15, 0.2) is 91.3 Å². The first kappa shape index (κ1) is 26.9. The van der Waals surface area contributed by atoms with Crippen LogP contribution in [0.5, 0.6) is 0 Å². The van der Waals surface area contributed by atoms with E-state index in [1.165, 1.54) is 0 Å². The molecule has 0 fully saturated rings. The van der Waals surface area contributed by atoms with Gasteiger partial charge in [-0.2, -0.15) is 5.53 Å². The predicted molar refractivity (Wildman–Crippen MR) is 141 cm³/mol. The Morgan fingerprint density at radius 1 is 0.917 bits per heavy atom. The summed E-state index contributed by atoms with van der Waals surface area (Å²) < 4.78 is 0. The number of hydrogen-bond donors (Lipinski definition) is 6. The fourth-order valence-electron chi connectivity index (χ4n) is 3.80. The van der Waals surface area contributed by atoms with E-state index in [1.54, 1.807) is 0 Å². The van der Waals surface area contributed by atoms with Gasteiger partial charge in [0.1, 0.15) is 11.9 Å². The van der Waals surface area contributed by atoms with Gasteiger partial charge in [0.25, 0.3) is 0 Å². The van der Waals surface area contributed by atoms with Crippen molar-refractivity contribution in [3.63, 3.8) is 0 Å². The van der Waals surface area contributed by atoms with Crippen LogP contribution in [-0.2, 0) is 22.4 Å². The summed E-state index contributed by atoms with van der Waals surface area (Å²) in [7, 11) is 0. The standard InChI is InChI=1S/C27H30ClN5O3/c1-18(32-33-29)30-26(34)25(31-24(27(35)36)15-12-19-6-3-2-4-7-19)16-20-10-13-21(14-11-20)22-8-5-9-23(28)17-22/h2-11,13-14,17,24-25,31-33H,1,12,15-16,29H2,(H,30,34)(H,35,36)/t24-,25-/m0/s1. The van der Waals surface area contributed by atoms with E-state index in [2.05, 4.69) is 28.2 Å². The maximum atomic E-state index is 13.0. The number of carbonyl (C=O) groups is 2. The monoisotopic (exact) mass is 507 g/mol. The quantitative estimate of drug-likeness (QED) is 0.155. The van der Waals surface area contributed by atoms with Crippen LogP contribution in [0.3, 0.4) is 0 Å². The van der Waals surface area contributed by atoms with Crippen LogP contribution in [0.1, 0.15) is 17.5 Å². The molecule has 0 aliphatic carbocycles. The zero-order valence-electron chi connectivity index (χ0n) is 19.7. The maximum absolute atomic E-state index is 13.0. The molecule has 2 atom stereocenters. The number of hydrogen-bond acceptors (Lipinski definition) is 6. The van der Waals surface area contributed by atoms with Crippen molar-refractivity contribution in [2.45, 2.75) is 31.3 Å². The van der Waals surface area contributed by atoms with Gasteiger partial charge in [-0.25, -0.2) is 0 Å². The maximum Gasteiger partial charge on any atom is 0.320 e. The number of rotatable bonds is 13. The largest absolute Gasteiger partial charge is 0.480 e. The van der Waals surface area contributed by atoms with Crippen molar-refractivity contribution < 1.29 is 14.7 Å². The molecule has 0 saturated carbocycles. The smallest absolute Gasteiger partial charge is 0.320 e. The number of nitrogens with two attached hydrogens (primary N) is 1. The molecule has 0 aliphatic heterocycles. The number of nitrogens with one attached hydrogen (secondary N) is 4. The minimum absolute atomic E-state index is 0.141. The molecule has 0 aromatic heterocycles. The van der Waals surface area contributed by atoms with Gasteiger partial charge in [-0.15, -0.1) is 0 Å². The van der Waals surface area contributed by atoms with E-state index in [-0.39, 0.29) is 12.2 Å². The van der Waals surface area contributed by atoms with Crippen molar-refractivity contribution in [3.8, 4) is 11.1 Å². The highest BCUT2D eigenvalue weighted by molar-refractivity contribution is 6.30. The molecule has 0 spiro atoms. The highest BCUT2D eigenvalue weighted by atomic mass is 35.5. The first-order chi connectivity index (χ1) is 17.4. The molecule has 0 aliphatic rings. The lowest BCUT2D eigenvalue weighted by Crippen LogP contribution is -2.53. The van der Waals surface area contributed by atoms with Gasteiger partial charge in [-0.1, -0.05) is 84.9 Å². The predicted octanol–water partition coefficient (Wildman–Crippen LogP) is 3.15. The molecule has 0 radical (unpaired) electrons. The summed E-state index contributed by atoms with van der Waals surface area (Å²) in [4.78, 5) is 25.1. The van der Waals surface area contributed by atoms with Crippen LogP contribution in [0.4, 0.5) is 0 Å². The average molecular weight is 508 g/mol. The fourth-order valence-corrected chi connectivity index (χ4v) is 3.99. The van der Waals surface area contributed by atoms with Gasteiger partial charge >= 0.3 is 5.97 Å². The van der Waals surface area contributed by atoms with Crippen LogP contribution < -0.4 is 27.4 Å². The number of amides is 1. The molecule has 0 unspecified atom stereocenters. The first-order valence-corrected chi connectivity index (χ1v) is 11.8. The highest BCUT2D eigenvalue weighted by Gasteiger charge is 2.27. The van der Waals surface area contributed by atoms with Crippen LogP contribution >= 0.6 is 11.6 Å². The Hall–Kier alpha value is -3.69. The third-order valence-electron chi connectivity index (χ3n) is 5.63. The lowest BCUT2D eigenvalue weighted by atomic mass is 9.99. The molecule has 3 aromatic carbocycles. The van der Waals surface area contributed by atoms with Crippen LogP contribution in [0.2, 0.25) is 5.02 Å². The van der Waals surface area contributed by atoms with Gasteiger partial charge in [-0.05, 0) is 53.6 Å². The molecule has 1 amide bonds. The SMILES string of the molecule is C=C(NNN)NC(=O)[C@H](Cc1ccc(-c2cccc(Cl)c2)cc1)N[C@@H](CCc1ccccc1)C(=O)O. The molecule has 8 nitrogen and oxygen atoms in total. The van der Waals surface area contributed by atoms with Gasteiger partial charge in [0.15, 0.2) is 0 Å². The lowest BCUT2D eigenvalue weighted by molar-refractivity contribution is -0.140. The van der Waals surface area contributed by atoms with E-state index in [0.29, 0.717) is 17.9 Å². The number of aryl methyl sites for hydroxylation is 1. The number of carboxylic acid groups (broad SMARTS) is 1. The summed E-state index contributed by atoms with van der Waals surface area (Å²) in [5.41, 5.74) is 8.53. The summed E-state index contributed by atoms with van der Waals surface area (Å²) >= 11 is 6.11. The van der Waals surface area contributed by atoms with E-state index >= 15 is 0 Å². The zero-order chi connectivity index (χ0) is 25.9. The molecule has 36 heavy (non-hydrogen) atoms. The number of benzene rings is 3. The molecule has 7 N–H and O–H groups in total. The van der Waals surface area contributed by atoms with Crippen molar-refractivity contribution in [2.24, 2.45) is 5.84 Å². The minimum Gasteiger partial charge on any atom is -0.480 e. The second-order valence-corrected chi connectivity index (χ2v) is 8.72. The van der Waals surface area contributed by atoms with Crippen molar-refractivity contribution >= 4 is 23.5 Å². The molecule has 9 heteroatoms. The van der Waals surface area contributed by atoms with Crippen molar-refractivity contribution in [3.05, 3.63) is 107 Å². The Morgan fingerprint density at radius 2 is 1.64 bits per heavy atom. The summed E-state index contributed by atoms with van der Waals surface area (Å²) in [5, 5.41) is 16.1. The van der Waals surface area contributed by atoms with Crippen LogP contribution in [0.25, 0.3) is 11.1 Å². The molecular formula is C27H30ClN5O3. The van der Waals surface area contributed by atoms with Gasteiger partial charge in [0, 0.05) is 5.02 Å². The molecule has 0 saturated heterocycles. The average Bonchev–Trinajstić information content (AvgIpc) is 2.86. The molecular weight excluding hydrogens is 478 g/mol. The fraction of sp³-hybridized carbons (Fsp3) is 0.185. The molecule has 188 valence electrons. The Morgan fingerprint density at radius 3 is 2.28 bits per heavy atom. The zero-order valence-corrected chi connectivity index (χ0v) is 20.5. The van der Waals surface area contributed by atoms with Crippen molar-refractivity contribution in [1.29, 1.82) is 0 Å². The third-order valence-corrected chi connectivity index (χ3v) is 5.87. The van der Waals surface area contributed by atoms with E-state index in [4.69, 9.17) is 17.4 Å². The Bertz CT molecular complexity index is 1170. The second kappa shape index (κ2) is 13.4. The number of halogens is 1.